The molecule has 0 aliphatic carbocycles. The van der Waals surface area contributed by atoms with E-state index < -0.39 is 0 Å². The molecule has 8 heteroatoms. The van der Waals surface area contributed by atoms with Gasteiger partial charge in [-0.05, 0) is 33.5 Å². The Kier molecular flexibility index (Phi) is 8.06. The number of hydrogen-bond acceptors (Lipinski definition) is 6. The first-order valence-electron chi connectivity index (χ1n) is 10.9. The number of aryl methyl sites for hydroxylation is 1. The number of amides is 1. The molecule has 0 bridgehead atoms. The second-order valence-corrected chi connectivity index (χ2v) is 9.15. The van der Waals surface area contributed by atoms with Gasteiger partial charge in [0.25, 0.3) is 0 Å². The van der Waals surface area contributed by atoms with Crippen molar-refractivity contribution in [3.63, 3.8) is 0 Å². The number of likely N-dealkylation sites (tertiary alicyclic amines) is 1. The van der Waals surface area contributed by atoms with Crippen LogP contribution in [-0.4, -0.2) is 115 Å². The van der Waals surface area contributed by atoms with Gasteiger partial charge in [-0.2, -0.15) is 0 Å². The quantitative estimate of drug-likeness (QED) is 0.646. The van der Waals surface area contributed by atoms with Crippen molar-refractivity contribution in [2.24, 2.45) is 18.9 Å². The summed E-state index contributed by atoms with van der Waals surface area (Å²) in [6.45, 7) is 9.89. The number of aromatic nitrogens is 2. The lowest BCUT2D eigenvalue weighted by atomic mass is 9.87. The highest BCUT2D eigenvalue weighted by Gasteiger charge is 2.33. The Labute approximate surface area is 175 Å². The topological polar surface area (TPSA) is 59.9 Å². The summed E-state index contributed by atoms with van der Waals surface area (Å²) in [5, 5.41) is 3.16. The number of carbonyl (C=O) groups is 1. The monoisotopic (exact) mass is 405 g/mol. The van der Waals surface area contributed by atoms with Gasteiger partial charge in [0.2, 0.25) is 5.91 Å². The lowest BCUT2D eigenvalue weighted by molar-refractivity contribution is -0.127. The van der Waals surface area contributed by atoms with Crippen molar-refractivity contribution in [3.8, 4) is 0 Å². The van der Waals surface area contributed by atoms with Gasteiger partial charge in [-0.25, -0.2) is 4.98 Å². The van der Waals surface area contributed by atoms with Crippen LogP contribution in [0, 0.1) is 11.8 Å². The van der Waals surface area contributed by atoms with Gasteiger partial charge in [-0.3, -0.25) is 9.69 Å². The molecule has 29 heavy (non-hydrogen) atoms. The summed E-state index contributed by atoms with van der Waals surface area (Å²) in [6, 6.07) is 0. The van der Waals surface area contributed by atoms with Gasteiger partial charge < -0.3 is 24.6 Å². The maximum atomic E-state index is 12.9. The Bertz CT molecular complexity index is 639. The molecule has 2 aliphatic rings. The summed E-state index contributed by atoms with van der Waals surface area (Å²) in [6.07, 6.45) is 4.83. The number of rotatable bonds is 8. The number of nitrogens with one attached hydrogen (secondary N) is 1. The Morgan fingerprint density at radius 2 is 1.93 bits per heavy atom. The van der Waals surface area contributed by atoms with Crippen molar-refractivity contribution < 1.29 is 4.79 Å². The summed E-state index contributed by atoms with van der Waals surface area (Å²) in [5.74, 6) is 1.86. The molecule has 1 aromatic heterocycles. The van der Waals surface area contributed by atoms with Gasteiger partial charge >= 0.3 is 0 Å². The molecule has 1 amide bonds. The van der Waals surface area contributed by atoms with Crippen LogP contribution in [0.4, 0.5) is 0 Å². The molecular weight excluding hydrogens is 366 g/mol. The Morgan fingerprint density at radius 1 is 1.17 bits per heavy atom. The van der Waals surface area contributed by atoms with E-state index in [2.05, 4.69) is 41.5 Å². The van der Waals surface area contributed by atoms with E-state index in [0.717, 1.165) is 71.1 Å². The van der Waals surface area contributed by atoms with Crippen LogP contribution in [0.15, 0.2) is 12.4 Å². The minimum atomic E-state index is 0.0589. The first-order valence-corrected chi connectivity index (χ1v) is 10.9. The number of imidazole rings is 1. The summed E-state index contributed by atoms with van der Waals surface area (Å²) < 4.78 is 2.08. The number of piperidine rings is 1. The molecule has 2 aliphatic heterocycles. The molecule has 0 unspecified atom stereocenters. The molecule has 0 saturated carbocycles. The Hall–Kier alpha value is -1.48. The zero-order valence-electron chi connectivity index (χ0n) is 18.7. The predicted molar refractivity (Wildman–Crippen MR) is 116 cm³/mol. The van der Waals surface area contributed by atoms with E-state index >= 15 is 0 Å². The fourth-order valence-corrected chi connectivity index (χ4v) is 4.45. The van der Waals surface area contributed by atoms with Gasteiger partial charge in [0.1, 0.15) is 5.82 Å². The average molecular weight is 406 g/mol. The second-order valence-electron chi connectivity index (χ2n) is 9.15. The molecular formula is C21H39N7O. The van der Waals surface area contributed by atoms with E-state index in [1.807, 2.05) is 33.5 Å². The smallest absolute Gasteiger partial charge is 0.224 e. The third-order valence-electron chi connectivity index (χ3n) is 6.24. The lowest BCUT2D eigenvalue weighted by Gasteiger charge is -2.40. The average Bonchev–Trinajstić information content (AvgIpc) is 3.07. The van der Waals surface area contributed by atoms with Gasteiger partial charge in [-0.15, -0.1) is 0 Å². The minimum Gasteiger partial charge on any atom is -0.355 e. The summed E-state index contributed by atoms with van der Waals surface area (Å²) in [7, 11) is 8.31. The summed E-state index contributed by atoms with van der Waals surface area (Å²) in [5.41, 5.74) is 0. The first kappa shape index (κ1) is 22.2. The van der Waals surface area contributed by atoms with Crippen molar-refractivity contribution in [1.82, 2.24) is 34.5 Å². The Morgan fingerprint density at radius 3 is 2.59 bits per heavy atom. The van der Waals surface area contributed by atoms with E-state index in [9.17, 15) is 4.79 Å². The predicted octanol–water partition coefficient (Wildman–Crippen LogP) is -0.217. The van der Waals surface area contributed by atoms with Gasteiger partial charge in [-0.1, -0.05) is 0 Å². The number of nitrogens with zero attached hydrogens (tertiary/aromatic N) is 6. The molecule has 0 spiro atoms. The maximum Gasteiger partial charge on any atom is 0.224 e. The number of piperazine rings is 1. The van der Waals surface area contributed by atoms with Crippen molar-refractivity contribution in [2.75, 3.05) is 80.0 Å². The van der Waals surface area contributed by atoms with Crippen molar-refractivity contribution in [3.05, 3.63) is 18.2 Å². The van der Waals surface area contributed by atoms with Gasteiger partial charge in [0.05, 0.1) is 12.5 Å². The molecule has 2 atom stereocenters. The first-order chi connectivity index (χ1) is 13.9. The molecule has 2 fully saturated rings. The van der Waals surface area contributed by atoms with E-state index in [4.69, 9.17) is 0 Å². The highest BCUT2D eigenvalue weighted by molar-refractivity contribution is 5.79. The molecule has 164 valence electrons. The highest BCUT2D eigenvalue weighted by atomic mass is 16.1. The van der Waals surface area contributed by atoms with Crippen LogP contribution in [0.1, 0.15) is 12.2 Å². The molecule has 3 heterocycles. The number of carbonyl (C=O) groups excluding carboxylic acids is 1. The molecule has 1 aromatic rings. The third kappa shape index (κ3) is 6.77. The van der Waals surface area contributed by atoms with Crippen LogP contribution in [0.2, 0.25) is 0 Å². The van der Waals surface area contributed by atoms with Gasteiger partial charge in [0.15, 0.2) is 0 Å². The zero-order valence-corrected chi connectivity index (χ0v) is 18.7. The fraction of sp³-hybridized carbons (Fsp3) is 0.810. The zero-order chi connectivity index (χ0) is 20.8. The second kappa shape index (κ2) is 10.5. The molecule has 8 nitrogen and oxygen atoms in total. The van der Waals surface area contributed by atoms with E-state index in [1.165, 1.54) is 0 Å². The molecule has 0 aromatic carbocycles. The van der Waals surface area contributed by atoms with E-state index in [0.29, 0.717) is 12.5 Å². The van der Waals surface area contributed by atoms with E-state index in [-0.39, 0.29) is 11.8 Å². The minimum absolute atomic E-state index is 0.0589. The largest absolute Gasteiger partial charge is 0.355 e. The van der Waals surface area contributed by atoms with Crippen molar-refractivity contribution >= 4 is 5.91 Å². The van der Waals surface area contributed by atoms with E-state index in [1.54, 1.807) is 0 Å². The molecule has 2 saturated heterocycles. The molecule has 0 radical (unpaired) electrons. The fourth-order valence-electron chi connectivity index (χ4n) is 4.45. The number of hydrogen-bond donors (Lipinski definition) is 1. The van der Waals surface area contributed by atoms with Crippen molar-refractivity contribution in [1.29, 1.82) is 0 Å². The SMILES string of the molecule is CN(C)CCNC(=O)[C@@H]1C[C@H](CN2CCN(C)CC2)CN(Cc2nccn2C)C1. The van der Waals surface area contributed by atoms with Crippen LogP contribution < -0.4 is 5.32 Å². The summed E-state index contributed by atoms with van der Waals surface area (Å²) >= 11 is 0. The van der Waals surface area contributed by atoms with Crippen LogP contribution in [0.25, 0.3) is 0 Å². The van der Waals surface area contributed by atoms with Crippen molar-refractivity contribution in [2.45, 2.75) is 13.0 Å². The maximum absolute atomic E-state index is 12.9. The van der Waals surface area contributed by atoms with Crippen LogP contribution in [0.3, 0.4) is 0 Å². The van der Waals surface area contributed by atoms with Gasteiger partial charge in [0, 0.05) is 78.3 Å². The van der Waals surface area contributed by atoms with Crippen LogP contribution in [-0.2, 0) is 18.4 Å². The number of likely N-dealkylation sites (N-methyl/N-ethyl adjacent to an activating group) is 2. The third-order valence-corrected chi connectivity index (χ3v) is 6.24. The molecule has 3 rings (SSSR count). The Balaban J connectivity index is 1.60. The standard InChI is InChI=1S/C21H39N7O/c1-24(2)7-5-23-21(29)19-13-18(14-27-11-9-25(3)10-12-27)15-28(16-19)17-20-22-6-8-26(20)4/h6,8,18-19H,5,7,9-17H2,1-4H3,(H,23,29)/t18-,19-/m1/s1. The summed E-state index contributed by atoms with van der Waals surface area (Å²) in [4.78, 5) is 26.9. The highest BCUT2D eigenvalue weighted by Crippen LogP contribution is 2.25. The lowest BCUT2D eigenvalue weighted by Crippen LogP contribution is -2.51. The molecule has 1 N–H and O–H groups in total. The van der Waals surface area contributed by atoms with Crippen LogP contribution >= 0.6 is 0 Å². The normalized spacial score (nSPS) is 24.9. The van der Waals surface area contributed by atoms with Crippen LogP contribution in [0.5, 0.6) is 0 Å².